The smallest absolute Gasteiger partial charge is 0.0483 e. The molecule has 0 amide bonds. The van der Waals surface area contributed by atoms with E-state index in [-0.39, 0.29) is 0 Å². The number of nitrogens with zero attached hydrogens (tertiary/aromatic N) is 1. The monoisotopic (exact) mass is 202 g/mol. The van der Waals surface area contributed by atoms with Gasteiger partial charge in [-0.3, -0.25) is 0 Å². The van der Waals surface area contributed by atoms with E-state index >= 15 is 0 Å². The summed E-state index contributed by atoms with van der Waals surface area (Å²) >= 11 is 0. The van der Waals surface area contributed by atoms with Crippen LogP contribution in [0.4, 0.5) is 0 Å². The first-order chi connectivity index (χ1) is 7.33. The molecule has 1 aromatic heterocycles. The maximum Gasteiger partial charge on any atom is 0.0483 e. The van der Waals surface area contributed by atoms with Gasteiger partial charge in [0.25, 0.3) is 0 Å². The largest absolute Gasteiger partial charge is 0.346 e. The number of fused-ring (bicyclic) bond motifs is 1. The van der Waals surface area contributed by atoms with Crippen molar-refractivity contribution < 1.29 is 0 Å². The zero-order chi connectivity index (χ0) is 10.7. The lowest BCUT2D eigenvalue weighted by Gasteiger charge is -2.05. The highest BCUT2D eigenvalue weighted by Crippen LogP contribution is 2.19. The highest BCUT2D eigenvalue weighted by Gasteiger charge is 2.03. The molecule has 0 aliphatic rings. The van der Waals surface area contributed by atoms with Crippen molar-refractivity contribution in [2.75, 3.05) is 13.1 Å². The normalized spacial score (nSPS) is 11.1. The Balaban J connectivity index is 2.27. The van der Waals surface area contributed by atoms with Crippen LogP contribution in [0, 0.1) is 6.92 Å². The van der Waals surface area contributed by atoms with Gasteiger partial charge in [-0.05, 0) is 25.1 Å². The number of likely N-dealkylation sites (N-methyl/N-ethyl adjacent to an activating group) is 1. The lowest BCUT2D eigenvalue weighted by molar-refractivity contribution is 0.626. The maximum atomic E-state index is 3.35. The second-order valence-electron chi connectivity index (χ2n) is 3.88. The quantitative estimate of drug-likeness (QED) is 0.754. The topological polar surface area (TPSA) is 17.0 Å². The van der Waals surface area contributed by atoms with E-state index in [0.717, 1.165) is 19.6 Å². The van der Waals surface area contributed by atoms with Crippen LogP contribution in [0.25, 0.3) is 10.9 Å². The van der Waals surface area contributed by atoms with E-state index in [1.165, 1.54) is 16.5 Å². The molecule has 0 unspecified atom stereocenters. The van der Waals surface area contributed by atoms with E-state index in [1.807, 2.05) is 0 Å². The van der Waals surface area contributed by atoms with Crippen molar-refractivity contribution in [3.05, 3.63) is 36.0 Å². The van der Waals surface area contributed by atoms with Gasteiger partial charge in [0, 0.05) is 30.2 Å². The van der Waals surface area contributed by atoms with Crippen LogP contribution in [0.2, 0.25) is 0 Å². The summed E-state index contributed by atoms with van der Waals surface area (Å²) in [7, 11) is 0. The molecular weight excluding hydrogens is 184 g/mol. The van der Waals surface area contributed by atoms with Crippen molar-refractivity contribution in [2.24, 2.45) is 0 Å². The maximum absolute atomic E-state index is 3.35. The molecule has 0 bridgehead atoms. The number of benzene rings is 1. The zero-order valence-corrected chi connectivity index (χ0v) is 9.46. The van der Waals surface area contributed by atoms with E-state index in [4.69, 9.17) is 0 Å². The molecule has 15 heavy (non-hydrogen) atoms. The molecule has 1 aromatic carbocycles. The number of aryl methyl sites for hydroxylation is 1. The van der Waals surface area contributed by atoms with Gasteiger partial charge >= 0.3 is 0 Å². The molecule has 0 aliphatic heterocycles. The van der Waals surface area contributed by atoms with Crippen molar-refractivity contribution >= 4 is 10.9 Å². The van der Waals surface area contributed by atoms with Crippen molar-refractivity contribution in [1.82, 2.24) is 9.88 Å². The van der Waals surface area contributed by atoms with E-state index in [0.29, 0.717) is 0 Å². The van der Waals surface area contributed by atoms with Crippen molar-refractivity contribution in [3.8, 4) is 0 Å². The second kappa shape index (κ2) is 4.49. The van der Waals surface area contributed by atoms with Crippen LogP contribution < -0.4 is 5.32 Å². The molecule has 1 N–H and O–H groups in total. The minimum Gasteiger partial charge on any atom is -0.346 e. The molecule has 0 radical (unpaired) electrons. The van der Waals surface area contributed by atoms with Crippen LogP contribution in [0.3, 0.4) is 0 Å². The number of aromatic nitrogens is 1. The van der Waals surface area contributed by atoms with Crippen LogP contribution in [-0.2, 0) is 6.54 Å². The van der Waals surface area contributed by atoms with E-state index in [2.05, 4.69) is 54.2 Å². The molecule has 0 saturated carbocycles. The first kappa shape index (κ1) is 10.2. The number of rotatable bonds is 4. The van der Waals surface area contributed by atoms with Crippen LogP contribution in [0.5, 0.6) is 0 Å². The summed E-state index contributed by atoms with van der Waals surface area (Å²) in [6, 6.07) is 8.58. The summed E-state index contributed by atoms with van der Waals surface area (Å²) in [5.74, 6) is 0. The highest BCUT2D eigenvalue weighted by atomic mass is 15.0. The van der Waals surface area contributed by atoms with Gasteiger partial charge in [0.15, 0.2) is 0 Å². The molecule has 0 saturated heterocycles. The number of para-hydroxylation sites is 1. The Labute approximate surface area is 90.9 Å². The predicted molar refractivity (Wildman–Crippen MR) is 65.2 cm³/mol. The van der Waals surface area contributed by atoms with E-state index < -0.39 is 0 Å². The number of hydrogen-bond donors (Lipinski definition) is 1. The summed E-state index contributed by atoms with van der Waals surface area (Å²) in [5.41, 5.74) is 2.70. The molecule has 2 nitrogen and oxygen atoms in total. The molecule has 1 heterocycles. The van der Waals surface area contributed by atoms with E-state index in [1.54, 1.807) is 0 Å². The molecule has 0 fully saturated rings. The molecule has 2 rings (SSSR count). The van der Waals surface area contributed by atoms with E-state index in [9.17, 15) is 0 Å². The van der Waals surface area contributed by atoms with Gasteiger partial charge in [-0.25, -0.2) is 0 Å². The summed E-state index contributed by atoms with van der Waals surface area (Å²) in [6.07, 6.45) is 2.24. The third-order valence-corrected chi connectivity index (χ3v) is 2.77. The first-order valence-corrected chi connectivity index (χ1v) is 5.58. The molecule has 2 aromatic rings. The minimum absolute atomic E-state index is 1.04. The van der Waals surface area contributed by atoms with Gasteiger partial charge < -0.3 is 9.88 Å². The number of hydrogen-bond acceptors (Lipinski definition) is 1. The standard InChI is InChI=1S/C13H18N2/c1-3-14-8-9-15-10-11(2)12-6-4-5-7-13(12)15/h4-7,10,14H,3,8-9H2,1-2H3. The Kier molecular flexibility index (Phi) is 3.07. The minimum atomic E-state index is 1.04. The van der Waals surface area contributed by atoms with Crippen LogP contribution in [-0.4, -0.2) is 17.7 Å². The van der Waals surface area contributed by atoms with Gasteiger partial charge in [-0.1, -0.05) is 25.1 Å². The van der Waals surface area contributed by atoms with Crippen LogP contribution in [0.15, 0.2) is 30.5 Å². The average Bonchev–Trinajstić information content (AvgIpc) is 2.58. The fourth-order valence-corrected chi connectivity index (χ4v) is 1.99. The van der Waals surface area contributed by atoms with Crippen LogP contribution in [0.1, 0.15) is 12.5 Å². The van der Waals surface area contributed by atoms with Gasteiger partial charge in [0.1, 0.15) is 0 Å². The Morgan fingerprint density at radius 1 is 1.27 bits per heavy atom. The Bertz CT molecular complexity index is 443. The number of nitrogens with one attached hydrogen (secondary N) is 1. The van der Waals surface area contributed by atoms with Gasteiger partial charge in [-0.15, -0.1) is 0 Å². The zero-order valence-electron chi connectivity index (χ0n) is 9.46. The Morgan fingerprint density at radius 2 is 2.07 bits per heavy atom. The van der Waals surface area contributed by atoms with Gasteiger partial charge in [-0.2, -0.15) is 0 Å². The second-order valence-corrected chi connectivity index (χ2v) is 3.88. The summed E-state index contributed by atoms with van der Waals surface area (Å²) < 4.78 is 2.33. The molecular formula is C13H18N2. The molecule has 0 spiro atoms. The van der Waals surface area contributed by atoms with Crippen molar-refractivity contribution in [2.45, 2.75) is 20.4 Å². The SMILES string of the molecule is CCNCCn1cc(C)c2ccccc21. The highest BCUT2D eigenvalue weighted by molar-refractivity contribution is 5.83. The third-order valence-electron chi connectivity index (χ3n) is 2.77. The lowest BCUT2D eigenvalue weighted by atomic mass is 10.2. The average molecular weight is 202 g/mol. The first-order valence-electron chi connectivity index (χ1n) is 5.58. The Morgan fingerprint density at radius 3 is 2.87 bits per heavy atom. The van der Waals surface area contributed by atoms with Crippen molar-refractivity contribution in [3.63, 3.8) is 0 Å². The molecule has 0 atom stereocenters. The fraction of sp³-hybridized carbons (Fsp3) is 0.385. The fourth-order valence-electron chi connectivity index (χ4n) is 1.99. The molecule has 2 heteroatoms. The van der Waals surface area contributed by atoms with Crippen molar-refractivity contribution in [1.29, 1.82) is 0 Å². The van der Waals surface area contributed by atoms with Gasteiger partial charge in [0.05, 0.1) is 0 Å². The summed E-state index contributed by atoms with van der Waals surface area (Å²) in [5, 5.41) is 4.72. The summed E-state index contributed by atoms with van der Waals surface area (Å²) in [4.78, 5) is 0. The third kappa shape index (κ3) is 2.05. The Hall–Kier alpha value is -1.28. The molecule has 0 aliphatic carbocycles. The molecule has 80 valence electrons. The summed E-state index contributed by atoms with van der Waals surface area (Å²) in [6.45, 7) is 7.43. The van der Waals surface area contributed by atoms with Crippen LogP contribution >= 0.6 is 0 Å². The lowest BCUT2D eigenvalue weighted by Crippen LogP contribution is -2.18. The predicted octanol–water partition coefficient (Wildman–Crippen LogP) is 2.56. The van der Waals surface area contributed by atoms with Gasteiger partial charge in [0.2, 0.25) is 0 Å².